The van der Waals surface area contributed by atoms with E-state index in [2.05, 4.69) is 0 Å². The first-order valence-corrected chi connectivity index (χ1v) is 2.73. The molecule has 0 aliphatic heterocycles. The summed E-state index contributed by atoms with van der Waals surface area (Å²) in [6.07, 6.45) is 0. The van der Waals surface area contributed by atoms with Crippen molar-refractivity contribution in [1.29, 1.82) is 0 Å². The van der Waals surface area contributed by atoms with Crippen molar-refractivity contribution in [2.75, 3.05) is 14.1 Å². The number of rotatable bonds is 2. The fraction of sp³-hybridized carbons (Fsp3) is 0.500. The van der Waals surface area contributed by atoms with Crippen LogP contribution in [-0.2, 0) is 14.4 Å². The van der Waals surface area contributed by atoms with E-state index in [4.69, 9.17) is 0 Å². The molecule has 10 heavy (non-hydrogen) atoms. The molecular weight excluding hydrogens is 134 g/mol. The van der Waals surface area contributed by atoms with Gasteiger partial charge in [-0.3, -0.25) is 14.4 Å². The highest BCUT2D eigenvalue weighted by molar-refractivity contribution is 6.62. The van der Waals surface area contributed by atoms with Crippen molar-refractivity contribution >= 4 is 17.5 Å². The van der Waals surface area contributed by atoms with Crippen LogP contribution < -0.4 is 0 Å². The third-order valence-corrected chi connectivity index (χ3v) is 0.920. The molecule has 0 aromatic heterocycles. The highest BCUT2D eigenvalue weighted by Crippen LogP contribution is 1.82. The predicted molar refractivity (Wildman–Crippen MR) is 34.4 cm³/mol. The topological polar surface area (TPSA) is 54.5 Å². The number of amides is 1. The number of carbonyl (C=O) groups excluding carboxylic acids is 3. The summed E-state index contributed by atoms with van der Waals surface area (Å²) in [5, 5.41) is 0. The number of ketones is 2. The number of hydrogen-bond acceptors (Lipinski definition) is 3. The Morgan fingerprint density at radius 3 is 1.60 bits per heavy atom. The van der Waals surface area contributed by atoms with Crippen molar-refractivity contribution < 1.29 is 14.4 Å². The Morgan fingerprint density at radius 2 is 1.50 bits per heavy atom. The van der Waals surface area contributed by atoms with Crippen LogP contribution in [0, 0.1) is 0 Å². The van der Waals surface area contributed by atoms with Gasteiger partial charge >= 0.3 is 0 Å². The zero-order chi connectivity index (χ0) is 8.31. The van der Waals surface area contributed by atoms with Gasteiger partial charge in [-0.2, -0.15) is 0 Å². The second kappa shape index (κ2) is 3.10. The molecule has 0 aliphatic carbocycles. The Kier molecular flexibility index (Phi) is 2.73. The van der Waals surface area contributed by atoms with Crippen LogP contribution in [0.3, 0.4) is 0 Å². The summed E-state index contributed by atoms with van der Waals surface area (Å²) in [6.45, 7) is 1.07. The van der Waals surface area contributed by atoms with Crippen LogP contribution in [0.4, 0.5) is 0 Å². The third kappa shape index (κ3) is 1.97. The van der Waals surface area contributed by atoms with Gasteiger partial charge in [-0.25, -0.2) is 0 Å². The molecule has 0 aliphatic rings. The van der Waals surface area contributed by atoms with Crippen molar-refractivity contribution in [3.05, 3.63) is 0 Å². The van der Waals surface area contributed by atoms with Crippen LogP contribution in [0.2, 0.25) is 0 Å². The first-order valence-electron chi connectivity index (χ1n) is 2.73. The number of carbonyl (C=O) groups is 3. The van der Waals surface area contributed by atoms with Gasteiger partial charge in [0.05, 0.1) is 0 Å². The molecule has 0 atom stereocenters. The summed E-state index contributed by atoms with van der Waals surface area (Å²) < 4.78 is 0. The summed E-state index contributed by atoms with van der Waals surface area (Å²) >= 11 is 0. The normalized spacial score (nSPS) is 8.70. The lowest BCUT2D eigenvalue weighted by Gasteiger charge is -2.05. The summed E-state index contributed by atoms with van der Waals surface area (Å²) in [6, 6.07) is 0. The molecule has 0 radical (unpaired) electrons. The molecule has 0 fully saturated rings. The van der Waals surface area contributed by atoms with E-state index in [9.17, 15) is 14.4 Å². The van der Waals surface area contributed by atoms with Gasteiger partial charge in [-0.05, 0) is 0 Å². The van der Waals surface area contributed by atoms with Crippen molar-refractivity contribution in [2.45, 2.75) is 6.92 Å². The second-order valence-electron chi connectivity index (χ2n) is 2.08. The minimum absolute atomic E-state index is 0.723. The number of Topliss-reactive ketones (excluding diaryl/α,β-unsaturated/α-hetero) is 2. The lowest BCUT2D eigenvalue weighted by Crippen LogP contribution is -2.33. The van der Waals surface area contributed by atoms with Crippen LogP contribution in [-0.4, -0.2) is 36.5 Å². The summed E-state index contributed by atoms with van der Waals surface area (Å²) in [5.74, 6) is -2.46. The monoisotopic (exact) mass is 143 g/mol. The largest absolute Gasteiger partial charge is 0.342 e. The molecule has 0 rings (SSSR count). The summed E-state index contributed by atoms with van der Waals surface area (Å²) in [7, 11) is 2.84. The molecule has 0 saturated carbocycles. The fourth-order valence-corrected chi connectivity index (χ4v) is 0.354. The molecule has 0 N–H and O–H groups in total. The van der Waals surface area contributed by atoms with E-state index in [0.29, 0.717) is 0 Å². The van der Waals surface area contributed by atoms with Crippen molar-refractivity contribution in [1.82, 2.24) is 4.90 Å². The lowest BCUT2D eigenvalue weighted by molar-refractivity contribution is -0.147. The minimum Gasteiger partial charge on any atom is -0.342 e. The first-order chi connectivity index (χ1) is 4.46. The van der Waals surface area contributed by atoms with Crippen molar-refractivity contribution in [2.24, 2.45) is 0 Å². The molecule has 0 aromatic carbocycles. The van der Waals surface area contributed by atoms with Gasteiger partial charge in [0.1, 0.15) is 0 Å². The molecule has 0 spiro atoms. The van der Waals surface area contributed by atoms with E-state index in [1.165, 1.54) is 14.1 Å². The maximum absolute atomic E-state index is 10.6. The fourth-order valence-electron chi connectivity index (χ4n) is 0.354. The smallest absolute Gasteiger partial charge is 0.297 e. The molecule has 0 saturated heterocycles. The average Bonchev–Trinajstić information content (AvgIpc) is 1.84. The number of likely N-dealkylation sites (N-methyl/N-ethyl adjacent to an activating group) is 1. The molecule has 0 aromatic rings. The molecule has 0 unspecified atom stereocenters. The molecule has 0 bridgehead atoms. The number of hydrogen-bond donors (Lipinski definition) is 0. The molecular formula is C6H9NO3. The molecule has 0 heterocycles. The van der Waals surface area contributed by atoms with E-state index in [1.54, 1.807) is 0 Å². The van der Waals surface area contributed by atoms with Gasteiger partial charge in [-0.15, -0.1) is 0 Å². The number of nitrogens with zero attached hydrogens (tertiary/aromatic N) is 1. The molecule has 4 nitrogen and oxygen atoms in total. The third-order valence-electron chi connectivity index (χ3n) is 0.920. The minimum atomic E-state index is -0.968. The Labute approximate surface area is 58.8 Å². The van der Waals surface area contributed by atoms with E-state index in [-0.39, 0.29) is 0 Å². The Balaban J connectivity index is 4.24. The molecule has 4 heteroatoms. The Morgan fingerprint density at radius 1 is 1.10 bits per heavy atom. The highest BCUT2D eigenvalue weighted by atomic mass is 16.2. The second-order valence-corrected chi connectivity index (χ2v) is 2.08. The molecule has 1 amide bonds. The standard InChI is InChI=1S/C6H9NO3/c1-4(8)5(9)6(10)7(2)3/h1-3H3. The van der Waals surface area contributed by atoms with Crippen molar-refractivity contribution in [3.8, 4) is 0 Å². The van der Waals surface area contributed by atoms with Crippen LogP contribution in [0.1, 0.15) is 6.92 Å². The van der Waals surface area contributed by atoms with Gasteiger partial charge in [0, 0.05) is 21.0 Å². The predicted octanol–water partition coefficient (Wildman–Crippen LogP) is -0.767. The Bertz CT molecular complexity index is 183. The van der Waals surface area contributed by atoms with Gasteiger partial charge < -0.3 is 4.90 Å². The zero-order valence-electron chi connectivity index (χ0n) is 6.17. The van der Waals surface area contributed by atoms with Gasteiger partial charge in [0.15, 0.2) is 0 Å². The quantitative estimate of drug-likeness (QED) is 0.377. The van der Waals surface area contributed by atoms with E-state index in [1.807, 2.05) is 0 Å². The van der Waals surface area contributed by atoms with Gasteiger partial charge in [-0.1, -0.05) is 0 Å². The zero-order valence-corrected chi connectivity index (χ0v) is 6.17. The van der Waals surface area contributed by atoms with Crippen LogP contribution in [0.5, 0.6) is 0 Å². The molecule has 56 valence electrons. The van der Waals surface area contributed by atoms with Crippen LogP contribution in [0.25, 0.3) is 0 Å². The van der Waals surface area contributed by atoms with Crippen LogP contribution >= 0.6 is 0 Å². The SMILES string of the molecule is CC(=O)C(=O)C(=O)N(C)C. The maximum Gasteiger partial charge on any atom is 0.297 e. The van der Waals surface area contributed by atoms with Gasteiger partial charge in [0.2, 0.25) is 5.78 Å². The van der Waals surface area contributed by atoms with E-state index >= 15 is 0 Å². The maximum atomic E-state index is 10.6. The van der Waals surface area contributed by atoms with Crippen LogP contribution in [0.15, 0.2) is 0 Å². The Hall–Kier alpha value is -1.19. The van der Waals surface area contributed by atoms with E-state index in [0.717, 1.165) is 11.8 Å². The first kappa shape index (κ1) is 8.81. The summed E-state index contributed by atoms with van der Waals surface area (Å²) in [4.78, 5) is 32.5. The van der Waals surface area contributed by atoms with Crippen molar-refractivity contribution in [3.63, 3.8) is 0 Å². The average molecular weight is 143 g/mol. The summed E-state index contributed by atoms with van der Waals surface area (Å²) in [5.41, 5.74) is 0. The van der Waals surface area contributed by atoms with E-state index < -0.39 is 17.5 Å². The highest BCUT2D eigenvalue weighted by Gasteiger charge is 2.19. The van der Waals surface area contributed by atoms with Gasteiger partial charge in [0.25, 0.3) is 11.7 Å². The lowest BCUT2D eigenvalue weighted by atomic mass is 10.2.